The number of hydrogen-bond acceptors (Lipinski definition) is 5. The molecule has 84 valence electrons. The van der Waals surface area contributed by atoms with Crippen molar-refractivity contribution in [1.29, 1.82) is 0 Å². The molecule has 0 aliphatic rings. The summed E-state index contributed by atoms with van der Waals surface area (Å²) in [5.41, 5.74) is 0. The number of thiazole rings is 1. The molecule has 2 rings (SSSR count). The average Bonchev–Trinajstić information content (AvgIpc) is 2.87. The summed E-state index contributed by atoms with van der Waals surface area (Å²) >= 11 is 1.46. The number of aryl methyl sites for hydroxylation is 2. The second-order valence-corrected chi connectivity index (χ2v) is 4.47. The molecule has 0 radical (unpaired) electrons. The third-order valence-electron chi connectivity index (χ3n) is 1.90. The molecule has 2 aromatic rings. The smallest absolute Gasteiger partial charge is 0.228 e. The molecule has 1 N–H and O–H groups in total. The molecule has 0 aliphatic carbocycles. The first kappa shape index (κ1) is 10.7. The molecule has 7 heteroatoms. The fourth-order valence-corrected chi connectivity index (χ4v) is 1.84. The van der Waals surface area contributed by atoms with Crippen molar-refractivity contribution in [2.75, 3.05) is 5.32 Å². The average molecular weight is 237 g/mol. The van der Waals surface area contributed by atoms with Crippen LogP contribution < -0.4 is 5.32 Å². The third-order valence-corrected chi connectivity index (χ3v) is 2.73. The van der Waals surface area contributed by atoms with E-state index < -0.39 is 0 Å². The van der Waals surface area contributed by atoms with Gasteiger partial charge in [0.05, 0.1) is 6.54 Å². The first-order chi connectivity index (χ1) is 7.74. The first-order valence-electron chi connectivity index (χ1n) is 4.79. The van der Waals surface area contributed by atoms with E-state index >= 15 is 0 Å². The maximum Gasteiger partial charge on any atom is 0.228 e. The van der Waals surface area contributed by atoms with Gasteiger partial charge in [0.15, 0.2) is 5.13 Å². The fraction of sp³-hybridized carbons (Fsp3) is 0.333. The highest BCUT2D eigenvalue weighted by atomic mass is 32.1. The van der Waals surface area contributed by atoms with E-state index in [4.69, 9.17) is 0 Å². The lowest BCUT2D eigenvalue weighted by Gasteiger charge is -2.01. The minimum Gasteiger partial charge on any atom is -0.302 e. The van der Waals surface area contributed by atoms with Crippen LogP contribution in [0.25, 0.3) is 0 Å². The molecule has 0 bridgehead atoms. The van der Waals surface area contributed by atoms with Crippen LogP contribution in [-0.2, 0) is 11.3 Å². The van der Waals surface area contributed by atoms with Gasteiger partial charge in [-0.1, -0.05) is 0 Å². The molecule has 6 nitrogen and oxygen atoms in total. The summed E-state index contributed by atoms with van der Waals surface area (Å²) in [6.07, 6.45) is 5.13. The van der Waals surface area contributed by atoms with Gasteiger partial charge in [0.25, 0.3) is 0 Å². The van der Waals surface area contributed by atoms with E-state index in [1.807, 2.05) is 6.92 Å². The zero-order valence-corrected chi connectivity index (χ0v) is 9.57. The summed E-state index contributed by atoms with van der Waals surface area (Å²) in [4.78, 5) is 20.4. The molecule has 16 heavy (non-hydrogen) atoms. The minimum absolute atomic E-state index is 0.0650. The van der Waals surface area contributed by atoms with E-state index in [1.165, 1.54) is 17.7 Å². The Balaban J connectivity index is 1.81. The van der Waals surface area contributed by atoms with Crippen molar-refractivity contribution in [3.63, 3.8) is 0 Å². The normalized spacial score (nSPS) is 10.3. The Kier molecular flexibility index (Phi) is 3.25. The highest BCUT2D eigenvalue weighted by molar-refractivity contribution is 7.15. The van der Waals surface area contributed by atoms with Gasteiger partial charge in [0, 0.05) is 17.5 Å². The Hall–Kier alpha value is -1.76. The lowest BCUT2D eigenvalue weighted by Crippen LogP contribution is -2.14. The van der Waals surface area contributed by atoms with Crippen LogP contribution in [0, 0.1) is 6.92 Å². The predicted molar refractivity (Wildman–Crippen MR) is 60.1 cm³/mol. The Bertz CT molecular complexity index is 464. The highest BCUT2D eigenvalue weighted by Gasteiger charge is 2.05. The van der Waals surface area contributed by atoms with Crippen molar-refractivity contribution >= 4 is 22.4 Å². The largest absolute Gasteiger partial charge is 0.302 e. The van der Waals surface area contributed by atoms with Crippen LogP contribution in [0.2, 0.25) is 0 Å². The number of anilines is 1. The van der Waals surface area contributed by atoms with Crippen molar-refractivity contribution in [1.82, 2.24) is 19.7 Å². The van der Waals surface area contributed by atoms with Crippen LogP contribution in [0.1, 0.15) is 11.3 Å². The van der Waals surface area contributed by atoms with E-state index in [1.54, 1.807) is 17.2 Å². The summed E-state index contributed by atoms with van der Waals surface area (Å²) in [6, 6.07) is 0. The number of amides is 1. The summed E-state index contributed by atoms with van der Waals surface area (Å²) in [7, 11) is 0. The van der Waals surface area contributed by atoms with Crippen molar-refractivity contribution < 1.29 is 4.79 Å². The SMILES string of the molecule is Cc1cnc(NC(=O)CCn2cncn2)s1. The number of aromatic nitrogens is 4. The highest BCUT2D eigenvalue weighted by Crippen LogP contribution is 2.16. The van der Waals surface area contributed by atoms with Gasteiger partial charge < -0.3 is 5.32 Å². The van der Waals surface area contributed by atoms with Gasteiger partial charge in [-0.15, -0.1) is 11.3 Å². The Morgan fingerprint density at radius 1 is 1.62 bits per heavy atom. The van der Waals surface area contributed by atoms with Crippen LogP contribution >= 0.6 is 11.3 Å². The number of hydrogen-bond donors (Lipinski definition) is 1. The molecular formula is C9H11N5OS. The fourth-order valence-electron chi connectivity index (χ4n) is 1.16. The van der Waals surface area contributed by atoms with Gasteiger partial charge in [-0.05, 0) is 6.92 Å². The van der Waals surface area contributed by atoms with Crippen LogP contribution in [0.5, 0.6) is 0 Å². The molecule has 0 fully saturated rings. The maximum atomic E-state index is 11.5. The van der Waals surface area contributed by atoms with E-state index in [0.717, 1.165) is 4.88 Å². The van der Waals surface area contributed by atoms with Gasteiger partial charge in [-0.25, -0.2) is 9.97 Å². The molecule has 0 aromatic carbocycles. The van der Waals surface area contributed by atoms with E-state index in [-0.39, 0.29) is 5.91 Å². The van der Waals surface area contributed by atoms with Gasteiger partial charge >= 0.3 is 0 Å². The van der Waals surface area contributed by atoms with Crippen LogP contribution in [0.15, 0.2) is 18.9 Å². The molecule has 2 aromatic heterocycles. The summed E-state index contributed by atoms with van der Waals surface area (Å²) in [5, 5.41) is 7.28. The van der Waals surface area contributed by atoms with Crippen LogP contribution in [0.3, 0.4) is 0 Å². The topological polar surface area (TPSA) is 72.7 Å². The zero-order chi connectivity index (χ0) is 11.4. The van der Waals surface area contributed by atoms with Gasteiger partial charge in [-0.2, -0.15) is 5.10 Å². The molecule has 1 amide bonds. The minimum atomic E-state index is -0.0650. The second kappa shape index (κ2) is 4.84. The molecule has 0 atom stereocenters. The van der Waals surface area contributed by atoms with Crippen LogP contribution in [0.4, 0.5) is 5.13 Å². The Morgan fingerprint density at radius 3 is 3.12 bits per heavy atom. The van der Waals surface area contributed by atoms with Crippen molar-refractivity contribution in [3.05, 3.63) is 23.7 Å². The molecule has 0 spiro atoms. The second-order valence-electron chi connectivity index (χ2n) is 3.23. The first-order valence-corrected chi connectivity index (χ1v) is 5.60. The van der Waals surface area contributed by atoms with Gasteiger partial charge in [0.2, 0.25) is 5.91 Å². The lowest BCUT2D eigenvalue weighted by molar-refractivity contribution is -0.116. The van der Waals surface area contributed by atoms with Crippen LogP contribution in [-0.4, -0.2) is 25.7 Å². The Labute approximate surface area is 96.3 Å². The van der Waals surface area contributed by atoms with Gasteiger partial charge in [0.1, 0.15) is 12.7 Å². The quantitative estimate of drug-likeness (QED) is 0.863. The molecule has 0 unspecified atom stereocenters. The molecule has 0 saturated heterocycles. The van der Waals surface area contributed by atoms with Crippen molar-refractivity contribution in [3.8, 4) is 0 Å². The number of nitrogens with zero attached hydrogens (tertiary/aromatic N) is 4. The number of carbonyl (C=O) groups excluding carboxylic acids is 1. The summed E-state index contributed by atoms with van der Waals surface area (Å²) in [6.45, 7) is 2.47. The monoisotopic (exact) mass is 237 g/mol. The number of rotatable bonds is 4. The van der Waals surface area contributed by atoms with Crippen molar-refractivity contribution in [2.45, 2.75) is 19.9 Å². The standard InChI is InChI=1S/C9H11N5OS/c1-7-4-11-9(16-7)13-8(15)2-3-14-6-10-5-12-14/h4-6H,2-3H2,1H3,(H,11,13,15). The Morgan fingerprint density at radius 2 is 2.50 bits per heavy atom. The lowest BCUT2D eigenvalue weighted by atomic mass is 10.4. The predicted octanol–water partition coefficient (Wildman–Crippen LogP) is 1.07. The zero-order valence-electron chi connectivity index (χ0n) is 8.75. The third kappa shape index (κ3) is 2.86. The summed E-state index contributed by atoms with van der Waals surface area (Å²) in [5.74, 6) is -0.0650. The molecule has 2 heterocycles. The maximum absolute atomic E-state index is 11.5. The molecular weight excluding hydrogens is 226 g/mol. The molecule has 0 aliphatic heterocycles. The molecule has 0 saturated carbocycles. The number of carbonyl (C=O) groups is 1. The number of nitrogens with one attached hydrogen (secondary N) is 1. The van der Waals surface area contributed by atoms with Gasteiger partial charge in [-0.3, -0.25) is 9.48 Å². The van der Waals surface area contributed by atoms with E-state index in [9.17, 15) is 4.79 Å². The van der Waals surface area contributed by atoms with E-state index in [2.05, 4.69) is 20.4 Å². The summed E-state index contributed by atoms with van der Waals surface area (Å²) < 4.78 is 1.62. The van der Waals surface area contributed by atoms with E-state index in [0.29, 0.717) is 18.1 Å². The van der Waals surface area contributed by atoms with Crippen molar-refractivity contribution in [2.24, 2.45) is 0 Å².